The van der Waals surface area contributed by atoms with E-state index in [1.165, 1.54) is 24.3 Å². The Kier molecular flexibility index (Phi) is 7.08. The normalized spacial score (nSPS) is 11.4. The number of benzene rings is 2. The van der Waals surface area contributed by atoms with Crippen molar-refractivity contribution in [1.29, 1.82) is 0 Å². The van der Waals surface area contributed by atoms with Gasteiger partial charge in [-0.1, -0.05) is 17.7 Å². The monoisotopic (exact) mass is 385 g/mol. The zero-order chi connectivity index (χ0) is 20.7. The molecule has 2 rings (SSSR count). The van der Waals surface area contributed by atoms with Crippen molar-refractivity contribution < 1.29 is 19.2 Å². The Balaban J connectivity index is 1.84. The number of nitro groups is 1. The molecule has 0 aliphatic carbocycles. The van der Waals surface area contributed by atoms with Crippen molar-refractivity contribution in [3.63, 3.8) is 0 Å². The van der Waals surface area contributed by atoms with Crippen LogP contribution in [0, 0.1) is 17.0 Å². The minimum atomic E-state index is -0.531. The van der Waals surface area contributed by atoms with E-state index in [-0.39, 0.29) is 30.6 Å². The quantitative estimate of drug-likeness (QED) is 0.536. The van der Waals surface area contributed by atoms with Crippen molar-refractivity contribution in [1.82, 2.24) is 10.6 Å². The largest absolute Gasteiger partial charge is 0.496 e. The van der Waals surface area contributed by atoms with Crippen molar-refractivity contribution in [3.8, 4) is 5.75 Å². The third-order valence-electron chi connectivity index (χ3n) is 4.21. The highest BCUT2D eigenvalue weighted by Crippen LogP contribution is 2.26. The second-order valence-corrected chi connectivity index (χ2v) is 6.34. The Labute approximate surface area is 163 Å². The first-order valence-corrected chi connectivity index (χ1v) is 8.78. The molecule has 2 N–H and O–H groups in total. The summed E-state index contributed by atoms with van der Waals surface area (Å²) in [5.74, 6) is 0.0982. The van der Waals surface area contributed by atoms with Crippen LogP contribution in [-0.4, -0.2) is 30.4 Å². The molecule has 0 saturated heterocycles. The predicted octanol–water partition coefficient (Wildman–Crippen LogP) is 2.91. The Morgan fingerprint density at radius 1 is 1.18 bits per heavy atom. The molecule has 8 heteroatoms. The topological polar surface area (TPSA) is 111 Å². The molecule has 0 bridgehead atoms. The standard InChI is InChI=1S/C20H23N3O5/c1-13-4-9-18(28-3)17(12-13)14(2)22-19(24)10-11-21-20(25)15-5-7-16(8-6-15)23(26)27/h4-9,12,14H,10-11H2,1-3H3,(H,21,25)(H,22,24). The molecule has 0 spiro atoms. The number of ether oxygens (including phenoxy) is 1. The van der Waals surface area contributed by atoms with E-state index < -0.39 is 10.8 Å². The predicted molar refractivity (Wildman–Crippen MR) is 104 cm³/mol. The fourth-order valence-electron chi connectivity index (χ4n) is 2.71. The fraction of sp³-hybridized carbons (Fsp3) is 0.300. The van der Waals surface area contributed by atoms with Gasteiger partial charge in [0.25, 0.3) is 11.6 Å². The van der Waals surface area contributed by atoms with E-state index in [0.29, 0.717) is 11.3 Å². The highest BCUT2D eigenvalue weighted by Gasteiger charge is 2.15. The van der Waals surface area contributed by atoms with Gasteiger partial charge in [-0.25, -0.2) is 0 Å². The van der Waals surface area contributed by atoms with Gasteiger partial charge in [-0.2, -0.15) is 0 Å². The molecule has 0 fully saturated rings. The minimum Gasteiger partial charge on any atom is -0.496 e. The lowest BCUT2D eigenvalue weighted by Gasteiger charge is -2.18. The summed E-state index contributed by atoms with van der Waals surface area (Å²) in [5.41, 5.74) is 2.15. The highest BCUT2D eigenvalue weighted by molar-refractivity contribution is 5.94. The van der Waals surface area contributed by atoms with Crippen molar-refractivity contribution in [3.05, 3.63) is 69.3 Å². The summed E-state index contributed by atoms with van der Waals surface area (Å²) in [6.45, 7) is 3.98. The third-order valence-corrected chi connectivity index (χ3v) is 4.21. The maximum Gasteiger partial charge on any atom is 0.269 e. The molecular weight excluding hydrogens is 362 g/mol. The Morgan fingerprint density at radius 2 is 1.86 bits per heavy atom. The zero-order valence-electron chi connectivity index (χ0n) is 16.0. The van der Waals surface area contributed by atoms with Crippen LogP contribution in [0.5, 0.6) is 5.75 Å². The van der Waals surface area contributed by atoms with Crippen molar-refractivity contribution in [2.45, 2.75) is 26.3 Å². The van der Waals surface area contributed by atoms with Gasteiger partial charge < -0.3 is 15.4 Å². The van der Waals surface area contributed by atoms with Crippen LogP contribution in [0.3, 0.4) is 0 Å². The lowest BCUT2D eigenvalue weighted by molar-refractivity contribution is -0.384. The number of rotatable bonds is 8. The molecule has 2 amide bonds. The second kappa shape index (κ2) is 9.50. The van der Waals surface area contributed by atoms with E-state index in [4.69, 9.17) is 4.74 Å². The number of hydrogen-bond donors (Lipinski definition) is 2. The fourth-order valence-corrected chi connectivity index (χ4v) is 2.71. The van der Waals surface area contributed by atoms with Gasteiger partial charge >= 0.3 is 0 Å². The van der Waals surface area contributed by atoms with E-state index in [1.807, 2.05) is 32.0 Å². The smallest absolute Gasteiger partial charge is 0.269 e. The number of aryl methyl sites for hydroxylation is 1. The van der Waals surface area contributed by atoms with Crippen LogP contribution in [0.4, 0.5) is 5.69 Å². The molecule has 8 nitrogen and oxygen atoms in total. The maximum atomic E-state index is 12.2. The number of nitro benzene ring substituents is 1. The SMILES string of the molecule is COc1ccc(C)cc1C(C)NC(=O)CCNC(=O)c1ccc([N+](=O)[O-])cc1. The Morgan fingerprint density at radius 3 is 2.46 bits per heavy atom. The summed E-state index contributed by atoms with van der Waals surface area (Å²) < 4.78 is 5.34. The summed E-state index contributed by atoms with van der Waals surface area (Å²) in [4.78, 5) is 34.3. The summed E-state index contributed by atoms with van der Waals surface area (Å²) in [6.07, 6.45) is 0.108. The van der Waals surface area contributed by atoms with Crippen LogP contribution in [0.2, 0.25) is 0 Å². The summed E-state index contributed by atoms with van der Waals surface area (Å²) in [6, 6.07) is 10.8. The van der Waals surface area contributed by atoms with E-state index in [2.05, 4.69) is 10.6 Å². The van der Waals surface area contributed by atoms with Gasteiger partial charge in [0.2, 0.25) is 5.91 Å². The first-order chi connectivity index (χ1) is 13.3. The second-order valence-electron chi connectivity index (χ2n) is 6.34. The average molecular weight is 385 g/mol. The molecule has 0 aliphatic heterocycles. The van der Waals surface area contributed by atoms with Crippen molar-refractivity contribution in [2.75, 3.05) is 13.7 Å². The van der Waals surface area contributed by atoms with Gasteiger partial charge in [0.15, 0.2) is 0 Å². The van der Waals surface area contributed by atoms with E-state index >= 15 is 0 Å². The first-order valence-electron chi connectivity index (χ1n) is 8.78. The number of non-ortho nitro benzene ring substituents is 1. The van der Waals surface area contributed by atoms with Gasteiger partial charge in [0.05, 0.1) is 18.1 Å². The lowest BCUT2D eigenvalue weighted by Crippen LogP contribution is -2.32. The number of amides is 2. The molecule has 0 heterocycles. The number of hydrogen-bond acceptors (Lipinski definition) is 5. The molecule has 2 aromatic carbocycles. The van der Waals surface area contributed by atoms with E-state index in [9.17, 15) is 19.7 Å². The molecule has 1 atom stereocenters. The van der Waals surface area contributed by atoms with Crippen LogP contribution >= 0.6 is 0 Å². The van der Waals surface area contributed by atoms with Crippen molar-refractivity contribution in [2.24, 2.45) is 0 Å². The molecule has 28 heavy (non-hydrogen) atoms. The number of nitrogens with zero attached hydrogens (tertiary/aromatic N) is 1. The maximum absolute atomic E-state index is 12.2. The average Bonchev–Trinajstić information content (AvgIpc) is 2.67. The van der Waals surface area contributed by atoms with E-state index in [1.54, 1.807) is 7.11 Å². The van der Waals surface area contributed by atoms with Crippen LogP contribution in [0.15, 0.2) is 42.5 Å². The van der Waals surface area contributed by atoms with Crippen LogP contribution in [-0.2, 0) is 4.79 Å². The third kappa shape index (κ3) is 5.54. The number of carbonyl (C=O) groups is 2. The number of methoxy groups -OCH3 is 1. The van der Waals surface area contributed by atoms with Gasteiger partial charge in [0, 0.05) is 36.2 Å². The molecule has 2 aromatic rings. The summed E-state index contributed by atoms with van der Waals surface area (Å²) in [7, 11) is 1.58. The van der Waals surface area contributed by atoms with Gasteiger partial charge in [0.1, 0.15) is 5.75 Å². The Bertz CT molecular complexity index is 865. The molecule has 0 aromatic heterocycles. The van der Waals surface area contributed by atoms with Gasteiger partial charge in [-0.05, 0) is 32.0 Å². The van der Waals surface area contributed by atoms with Crippen LogP contribution < -0.4 is 15.4 Å². The molecule has 1 unspecified atom stereocenters. The van der Waals surface area contributed by atoms with E-state index in [0.717, 1.165) is 11.1 Å². The van der Waals surface area contributed by atoms with Gasteiger partial charge in [-0.15, -0.1) is 0 Å². The van der Waals surface area contributed by atoms with Gasteiger partial charge in [-0.3, -0.25) is 19.7 Å². The zero-order valence-corrected chi connectivity index (χ0v) is 16.0. The Hall–Kier alpha value is -3.42. The molecule has 0 saturated carbocycles. The van der Waals surface area contributed by atoms with Crippen molar-refractivity contribution >= 4 is 17.5 Å². The number of nitrogens with one attached hydrogen (secondary N) is 2. The molecule has 0 radical (unpaired) electrons. The first kappa shape index (κ1) is 20.9. The molecular formula is C20H23N3O5. The van der Waals surface area contributed by atoms with Crippen LogP contribution in [0.1, 0.15) is 40.9 Å². The highest BCUT2D eigenvalue weighted by atomic mass is 16.6. The van der Waals surface area contributed by atoms with Crippen LogP contribution in [0.25, 0.3) is 0 Å². The summed E-state index contributed by atoms with van der Waals surface area (Å²) >= 11 is 0. The number of carbonyl (C=O) groups excluding carboxylic acids is 2. The molecule has 148 valence electrons. The summed E-state index contributed by atoms with van der Waals surface area (Å²) in [5, 5.41) is 16.1. The molecule has 0 aliphatic rings. The lowest BCUT2D eigenvalue weighted by atomic mass is 10.0. The minimum absolute atomic E-state index is 0.0866.